The summed E-state index contributed by atoms with van der Waals surface area (Å²) in [6, 6.07) is 9.83. The lowest BCUT2D eigenvalue weighted by Crippen LogP contribution is -2.33. The van der Waals surface area contributed by atoms with Crippen LogP contribution in [0.4, 0.5) is 0 Å². The minimum absolute atomic E-state index is 0.152. The van der Waals surface area contributed by atoms with Gasteiger partial charge >= 0.3 is 0 Å². The smallest absolute Gasteiger partial charge is 0.245 e. The van der Waals surface area contributed by atoms with Crippen molar-refractivity contribution < 1.29 is 4.79 Å². The fraction of sp³-hybridized carbons (Fsp3) is 0.533. The molecular formula is C15H21N3O. The first-order valence-corrected chi connectivity index (χ1v) is 6.99. The van der Waals surface area contributed by atoms with Crippen molar-refractivity contribution in [1.29, 1.82) is 0 Å². The molecule has 1 amide bonds. The van der Waals surface area contributed by atoms with E-state index in [1.165, 1.54) is 6.42 Å². The van der Waals surface area contributed by atoms with Gasteiger partial charge in [0.25, 0.3) is 0 Å². The molecule has 2 atom stereocenters. The van der Waals surface area contributed by atoms with Gasteiger partial charge in [-0.25, -0.2) is 0 Å². The van der Waals surface area contributed by atoms with Crippen LogP contribution < -0.4 is 5.32 Å². The molecule has 4 nitrogen and oxygen atoms in total. The normalized spacial score (nSPS) is 28.3. The van der Waals surface area contributed by atoms with Gasteiger partial charge < -0.3 is 9.80 Å². The fourth-order valence-corrected chi connectivity index (χ4v) is 3.10. The van der Waals surface area contributed by atoms with E-state index in [2.05, 4.69) is 17.3 Å². The maximum Gasteiger partial charge on any atom is 0.245 e. The monoisotopic (exact) mass is 259 g/mol. The quantitative estimate of drug-likeness (QED) is 0.882. The van der Waals surface area contributed by atoms with Crippen molar-refractivity contribution >= 4 is 5.91 Å². The molecule has 3 rings (SSSR count). The molecule has 1 aromatic carbocycles. The number of carbonyl (C=O) groups excluding carboxylic acids is 1. The number of carbonyl (C=O) groups is 1. The molecule has 2 saturated heterocycles. The van der Waals surface area contributed by atoms with Crippen molar-refractivity contribution in [1.82, 2.24) is 15.1 Å². The van der Waals surface area contributed by atoms with Gasteiger partial charge in [-0.1, -0.05) is 30.3 Å². The molecule has 2 fully saturated rings. The topological polar surface area (TPSA) is 35.6 Å². The largest absolute Gasteiger partial charge is 0.328 e. The van der Waals surface area contributed by atoms with Crippen molar-refractivity contribution in [2.45, 2.75) is 12.5 Å². The summed E-state index contributed by atoms with van der Waals surface area (Å²) in [6.45, 7) is 3.83. The number of nitrogens with zero attached hydrogens (tertiary/aromatic N) is 2. The Labute approximate surface area is 114 Å². The SMILES string of the molecule is CN1CCC(CN2CNC(c3ccccc3)C2=O)C1. The Morgan fingerprint density at radius 1 is 1.32 bits per heavy atom. The van der Waals surface area contributed by atoms with Gasteiger partial charge in [-0.15, -0.1) is 0 Å². The first kappa shape index (κ1) is 12.6. The minimum Gasteiger partial charge on any atom is -0.328 e. The van der Waals surface area contributed by atoms with E-state index in [-0.39, 0.29) is 11.9 Å². The number of hydrogen-bond acceptors (Lipinski definition) is 3. The van der Waals surface area contributed by atoms with Gasteiger partial charge in [-0.2, -0.15) is 0 Å². The van der Waals surface area contributed by atoms with Crippen molar-refractivity contribution in [3.8, 4) is 0 Å². The summed E-state index contributed by atoms with van der Waals surface area (Å²) >= 11 is 0. The standard InChI is InChI=1S/C15H21N3O/c1-17-8-7-12(9-17)10-18-11-16-14(15(18)19)13-5-3-2-4-6-13/h2-6,12,14,16H,7-11H2,1H3. The minimum atomic E-state index is -0.152. The predicted molar refractivity (Wildman–Crippen MR) is 74.5 cm³/mol. The molecule has 0 saturated carbocycles. The van der Waals surface area contributed by atoms with Gasteiger partial charge in [-0.05, 0) is 31.5 Å². The molecule has 2 aliphatic rings. The van der Waals surface area contributed by atoms with Gasteiger partial charge in [0.05, 0.1) is 6.67 Å². The summed E-state index contributed by atoms with van der Waals surface area (Å²) in [5, 5.41) is 3.32. The lowest BCUT2D eigenvalue weighted by Gasteiger charge is -2.20. The predicted octanol–water partition coefficient (Wildman–Crippen LogP) is 1.07. The number of likely N-dealkylation sites (tertiary alicyclic amines) is 1. The van der Waals surface area contributed by atoms with Crippen molar-refractivity contribution in [3.63, 3.8) is 0 Å². The highest BCUT2D eigenvalue weighted by Gasteiger charge is 2.34. The fourth-order valence-electron chi connectivity index (χ4n) is 3.10. The van der Waals surface area contributed by atoms with Crippen LogP contribution in [0.2, 0.25) is 0 Å². The highest BCUT2D eigenvalue weighted by molar-refractivity contribution is 5.85. The Morgan fingerprint density at radius 3 is 2.79 bits per heavy atom. The number of hydrogen-bond donors (Lipinski definition) is 1. The highest BCUT2D eigenvalue weighted by Crippen LogP contribution is 2.23. The molecule has 0 spiro atoms. The summed E-state index contributed by atoms with van der Waals surface area (Å²) < 4.78 is 0. The number of benzene rings is 1. The summed E-state index contributed by atoms with van der Waals surface area (Å²) in [5.41, 5.74) is 1.07. The van der Waals surface area contributed by atoms with Crippen LogP contribution in [0.1, 0.15) is 18.0 Å². The zero-order valence-corrected chi connectivity index (χ0v) is 11.4. The van der Waals surface area contributed by atoms with Crippen molar-refractivity contribution in [3.05, 3.63) is 35.9 Å². The summed E-state index contributed by atoms with van der Waals surface area (Å²) in [5.74, 6) is 0.853. The number of rotatable bonds is 3. The van der Waals surface area contributed by atoms with Gasteiger partial charge in [0.2, 0.25) is 5.91 Å². The molecule has 0 aromatic heterocycles. The van der Waals surface area contributed by atoms with E-state index in [9.17, 15) is 4.79 Å². The van der Waals surface area contributed by atoms with Crippen LogP contribution in [0.5, 0.6) is 0 Å². The lowest BCUT2D eigenvalue weighted by atomic mass is 10.1. The third kappa shape index (κ3) is 2.65. The molecule has 1 N–H and O–H groups in total. The number of nitrogens with one attached hydrogen (secondary N) is 1. The molecule has 102 valence electrons. The lowest BCUT2D eigenvalue weighted by molar-refractivity contribution is -0.129. The van der Waals surface area contributed by atoms with Crippen LogP contribution in [0.3, 0.4) is 0 Å². The first-order valence-electron chi connectivity index (χ1n) is 6.99. The van der Waals surface area contributed by atoms with E-state index >= 15 is 0 Å². The molecule has 19 heavy (non-hydrogen) atoms. The Morgan fingerprint density at radius 2 is 2.11 bits per heavy atom. The van der Waals surface area contributed by atoms with Crippen LogP contribution in [0, 0.1) is 5.92 Å². The molecule has 0 aliphatic carbocycles. The first-order chi connectivity index (χ1) is 9.24. The van der Waals surface area contributed by atoms with Gasteiger partial charge in [0, 0.05) is 13.1 Å². The summed E-state index contributed by atoms with van der Waals surface area (Å²) in [6.07, 6.45) is 1.20. The zero-order valence-electron chi connectivity index (χ0n) is 11.4. The third-order valence-electron chi connectivity index (χ3n) is 4.15. The second-order valence-corrected chi connectivity index (χ2v) is 5.68. The maximum absolute atomic E-state index is 12.4. The Bertz CT molecular complexity index is 448. The average molecular weight is 259 g/mol. The van der Waals surface area contributed by atoms with Crippen LogP contribution in [0.15, 0.2) is 30.3 Å². The van der Waals surface area contributed by atoms with E-state index < -0.39 is 0 Å². The highest BCUT2D eigenvalue weighted by atomic mass is 16.2. The Hall–Kier alpha value is -1.39. The third-order valence-corrected chi connectivity index (χ3v) is 4.15. The molecule has 2 aliphatic heterocycles. The molecule has 0 radical (unpaired) electrons. The molecular weight excluding hydrogens is 238 g/mol. The van der Waals surface area contributed by atoms with Crippen LogP contribution >= 0.6 is 0 Å². The summed E-state index contributed by atoms with van der Waals surface area (Å²) in [4.78, 5) is 16.7. The van der Waals surface area contributed by atoms with E-state index in [4.69, 9.17) is 0 Å². The molecule has 0 bridgehead atoms. The van der Waals surface area contributed by atoms with Crippen molar-refractivity contribution in [2.24, 2.45) is 5.92 Å². The van der Waals surface area contributed by atoms with Gasteiger partial charge in [-0.3, -0.25) is 10.1 Å². The average Bonchev–Trinajstić information content (AvgIpc) is 2.99. The molecule has 2 heterocycles. The molecule has 1 aromatic rings. The Balaban J connectivity index is 1.62. The van der Waals surface area contributed by atoms with Crippen molar-refractivity contribution in [2.75, 3.05) is 33.4 Å². The van der Waals surface area contributed by atoms with E-state index in [0.717, 1.165) is 25.2 Å². The van der Waals surface area contributed by atoms with Crippen LogP contribution in [-0.4, -0.2) is 49.1 Å². The number of amides is 1. The second-order valence-electron chi connectivity index (χ2n) is 5.68. The van der Waals surface area contributed by atoms with E-state index in [1.807, 2.05) is 35.2 Å². The Kier molecular flexibility index (Phi) is 3.53. The zero-order chi connectivity index (χ0) is 13.2. The van der Waals surface area contributed by atoms with Crippen LogP contribution in [0.25, 0.3) is 0 Å². The second kappa shape index (κ2) is 5.31. The van der Waals surface area contributed by atoms with E-state index in [1.54, 1.807) is 0 Å². The molecule has 4 heteroatoms. The van der Waals surface area contributed by atoms with Crippen LogP contribution in [-0.2, 0) is 4.79 Å². The molecule has 2 unspecified atom stereocenters. The van der Waals surface area contributed by atoms with Gasteiger partial charge in [0.1, 0.15) is 6.04 Å². The van der Waals surface area contributed by atoms with Gasteiger partial charge in [0.15, 0.2) is 0 Å². The summed E-state index contributed by atoms with van der Waals surface area (Å²) in [7, 11) is 2.15. The maximum atomic E-state index is 12.4. The van der Waals surface area contributed by atoms with E-state index in [0.29, 0.717) is 12.6 Å².